The first-order valence-corrected chi connectivity index (χ1v) is 9.63. The summed E-state index contributed by atoms with van der Waals surface area (Å²) in [6, 6.07) is -0.0995. The molecular formula is C14H28F3IN4O2S. The van der Waals surface area contributed by atoms with E-state index in [1.165, 1.54) is 0 Å². The summed E-state index contributed by atoms with van der Waals surface area (Å²) < 4.78 is 60.9. The van der Waals surface area contributed by atoms with E-state index in [0.717, 1.165) is 19.4 Å². The molecule has 0 aliphatic carbocycles. The Bertz CT molecular complexity index is 517. The van der Waals surface area contributed by atoms with Crippen LogP contribution in [0.2, 0.25) is 0 Å². The Morgan fingerprint density at radius 1 is 1.24 bits per heavy atom. The highest BCUT2D eigenvalue weighted by atomic mass is 127. The summed E-state index contributed by atoms with van der Waals surface area (Å²) in [5, 5.41) is 6.37. The topological polar surface area (TPSA) is 73.8 Å². The fourth-order valence-electron chi connectivity index (χ4n) is 2.59. The van der Waals surface area contributed by atoms with Gasteiger partial charge in [-0.25, -0.2) is 8.42 Å². The van der Waals surface area contributed by atoms with Crippen LogP contribution in [-0.4, -0.2) is 56.9 Å². The molecule has 0 bridgehead atoms. The first kappa shape index (κ1) is 24.7. The molecule has 1 rings (SSSR count). The van der Waals surface area contributed by atoms with Crippen molar-refractivity contribution < 1.29 is 21.6 Å². The summed E-state index contributed by atoms with van der Waals surface area (Å²) in [6.07, 6.45) is 2.71. The molecule has 1 saturated heterocycles. The van der Waals surface area contributed by atoms with Crippen LogP contribution in [0.25, 0.3) is 0 Å². The largest absolute Gasteiger partial charge is 0.511 e. The first-order chi connectivity index (χ1) is 11.2. The van der Waals surface area contributed by atoms with E-state index in [2.05, 4.69) is 29.5 Å². The van der Waals surface area contributed by atoms with Crippen LogP contribution in [0.3, 0.4) is 0 Å². The van der Waals surface area contributed by atoms with Gasteiger partial charge in [0, 0.05) is 32.7 Å². The van der Waals surface area contributed by atoms with Gasteiger partial charge in [-0.15, -0.1) is 24.0 Å². The highest BCUT2D eigenvalue weighted by Crippen LogP contribution is 2.28. The fourth-order valence-corrected chi connectivity index (χ4v) is 3.58. The molecule has 0 spiro atoms. The third kappa shape index (κ3) is 7.08. The van der Waals surface area contributed by atoms with E-state index in [1.54, 1.807) is 7.05 Å². The average Bonchev–Trinajstić information content (AvgIpc) is 2.54. The third-order valence-electron chi connectivity index (χ3n) is 4.36. The van der Waals surface area contributed by atoms with Crippen LogP contribution in [0.4, 0.5) is 13.2 Å². The predicted octanol–water partition coefficient (Wildman–Crippen LogP) is 2.52. The van der Waals surface area contributed by atoms with E-state index >= 15 is 0 Å². The van der Waals surface area contributed by atoms with E-state index < -0.39 is 15.5 Å². The van der Waals surface area contributed by atoms with Gasteiger partial charge in [0.05, 0.1) is 0 Å². The zero-order valence-corrected chi connectivity index (χ0v) is 17.9. The number of alkyl halides is 3. The number of halogens is 4. The number of hydrogen-bond donors (Lipinski definition) is 2. The van der Waals surface area contributed by atoms with E-state index in [4.69, 9.17) is 0 Å². The monoisotopic (exact) mass is 500 g/mol. The van der Waals surface area contributed by atoms with Crippen LogP contribution in [0.1, 0.15) is 39.5 Å². The second-order valence-electron chi connectivity index (χ2n) is 5.90. The zero-order valence-electron chi connectivity index (χ0n) is 14.8. The summed E-state index contributed by atoms with van der Waals surface area (Å²) in [6.45, 7) is 4.70. The van der Waals surface area contributed by atoms with Gasteiger partial charge in [-0.05, 0) is 18.8 Å². The lowest BCUT2D eigenvalue weighted by Gasteiger charge is -2.32. The number of piperidine rings is 1. The second kappa shape index (κ2) is 10.8. The van der Waals surface area contributed by atoms with Crippen molar-refractivity contribution in [3.63, 3.8) is 0 Å². The molecule has 150 valence electrons. The summed E-state index contributed by atoms with van der Waals surface area (Å²) >= 11 is 0. The normalized spacial score (nSPS) is 18.1. The van der Waals surface area contributed by atoms with E-state index in [-0.39, 0.29) is 43.1 Å². The van der Waals surface area contributed by atoms with Crippen LogP contribution < -0.4 is 10.6 Å². The molecule has 1 heterocycles. The minimum atomic E-state index is -5.24. The minimum Gasteiger partial charge on any atom is -0.356 e. The zero-order chi connectivity index (χ0) is 18.4. The predicted molar refractivity (Wildman–Crippen MR) is 104 cm³/mol. The molecule has 1 aliphatic heterocycles. The molecule has 0 aromatic heterocycles. The molecule has 0 saturated carbocycles. The molecule has 0 aromatic rings. The fraction of sp³-hybridized carbons (Fsp3) is 0.929. The SMILES string of the molecule is CCC(CC)CNC(=NC)NC1CCN(S(=O)(=O)C(F)(F)F)CC1.I. The van der Waals surface area contributed by atoms with Crippen LogP contribution in [-0.2, 0) is 10.0 Å². The van der Waals surface area contributed by atoms with Crippen molar-refractivity contribution in [2.75, 3.05) is 26.7 Å². The molecule has 0 atom stereocenters. The first-order valence-electron chi connectivity index (χ1n) is 8.19. The molecule has 6 nitrogen and oxygen atoms in total. The van der Waals surface area contributed by atoms with Crippen molar-refractivity contribution in [3.05, 3.63) is 0 Å². The number of nitrogens with one attached hydrogen (secondary N) is 2. The Kier molecular flexibility index (Phi) is 10.6. The van der Waals surface area contributed by atoms with Gasteiger partial charge < -0.3 is 10.6 Å². The number of sulfonamides is 1. The highest BCUT2D eigenvalue weighted by molar-refractivity contribution is 14.0. The number of aliphatic imine (C=N–C) groups is 1. The van der Waals surface area contributed by atoms with Crippen LogP contribution in [0.15, 0.2) is 4.99 Å². The Labute approximate surface area is 165 Å². The molecule has 1 aliphatic rings. The number of guanidine groups is 1. The van der Waals surface area contributed by atoms with Gasteiger partial charge in [0.2, 0.25) is 0 Å². The number of rotatable bonds is 6. The number of hydrogen-bond acceptors (Lipinski definition) is 3. The quantitative estimate of drug-likeness (QED) is 0.334. The van der Waals surface area contributed by atoms with E-state index in [9.17, 15) is 21.6 Å². The minimum absolute atomic E-state index is 0. The average molecular weight is 500 g/mol. The lowest BCUT2D eigenvalue weighted by molar-refractivity contribution is -0.0494. The molecule has 25 heavy (non-hydrogen) atoms. The van der Waals surface area contributed by atoms with Crippen molar-refractivity contribution in [2.24, 2.45) is 10.9 Å². The summed E-state index contributed by atoms with van der Waals surface area (Å²) in [7, 11) is -3.60. The molecule has 11 heteroatoms. The van der Waals surface area contributed by atoms with Crippen LogP contribution >= 0.6 is 24.0 Å². The molecular weight excluding hydrogens is 472 g/mol. The van der Waals surface area contributed by atoms with Crippen LogP contribution in [0.5, 0.6) is 0 Å². The van der Waals surface area contributed by atoms with Crippen molar-refractivity contribution in [1.82, 2.24) is 14.9 Å². The van der Waals surface area contributed by atoms with Crippen molar-refractivity contribution in [3.8, 4) is 0 Å². The molecule has 0 aromatic carbocycles. The Morgan fingerprint density at radius 3 is 2.16 bits per heavy atom. The number of nitrogens with zero attached hydrogens (tertiary/aromatic N) is 2. The lowest BCUT2D eigenvalue weighted by atomic mass is 10.0. The van der Waals surface area contributed by atoms with Crippen LogP contribution in [0, 0.1) is 5.92 Å². The summed E-state index contributed by atoms with van der Waals surface area (Å²) in [5.41, 5.74) is -5.24. The maximum absolute atomic E-state index is 12.5. The molecule has 0 radical (unpaired) electrons. The highest BCUT2D eigenvalue weighted by Gasteiger charge is 2.50. The smallest absolute Gasteiger partial charge is 0.356 e. The standard InChI is InChI=1S/C14H27F3N4O2S.HI/c1-4-11(5-2)10-19-13(18-3)20-12-6-8-21(9-7-12)24(22,23)14(15,16)17;/h11-12H,4-10H2,1-3H3,(H2,18,19,20);1H. The van der Waals surface area contributed by atoms with Gasteiger partial charge in [-0.3, -0.25) is 4.99 Å². The summed E-state index contributed by atoms with van der Waals surface area (Å²) in [5.74, 6) is 1.13. The van der Waals surface area contributed by atoms with Gasteiger partial charge in [0.25, 0.3) is 0 Å². The maximum Gasteiger partial charge on any atom is 0.511 e. The van der Waals surface area contributed by atoms with Gasteiger partial charge in [0.1, 0.15) is 0 Å². The molecule has 0 unspecified atom stereocenters. The Hall–Kier alpha value is -0.300. The summed E-state index contributed by atoms with van der Waals surface area (Å²) in [4.78, 5) is 4.11. The molecule has 0 amide bonds. The van der Waals surface area contributed by atoms with E-state index in [0.29, 0.717) is 29.0 Å². The molecule has 1 fully saturated rings. The maximum atomic E-state index is 12.5. The Balaban J connectivity index is 0.00000576. The van der Waals surface area contributed by atoms with Crippen molar-refractivity contribution in [1.29, 1.82) is 0 Å². The van der Waals surface area contributed by atoms with Gasteiger partial charge >= 0.3 is 15.5 Å². The molecule has 2 N–H and O–H groups in total. The van der Waals surface area contributed by atoms with Gasteiger partial charge in [-0.1, -0.05) is 26.7 Å². The van der Waals surface area contributed by atoms with Gasteiger partial charge in [0.15, 0.2) is 5.96 Å². The van der Waals surface area contributed by atoms with Crippen molar-refractivity contribution >= 4 is 40.0 Å². The second-order valence-corrected chi connectivity index (χ2v) is 7.83. The Morgan fingerprint density at radius 2 is 1.76 bits per heavy atom. The van der Waals surface area contributed by atoms with E-state index in [1.807, 2.05) is 0 Å². The lowest BCUT2D eigenvalue weighted by Crippen LogP contribution is -2.52. The third-order valence-corrected chi connectivity index (χ3v) is 5.99. The van der Waals surface area contributed by atoms with Gasteiger partial charge in [-0.2, -0.15) is 17.5 Å². The van der Waals surface area contributed by atoms with Crippen molar-refractivity contribution in [2.45, 2.75) is 51.1 Å².